The van der Waals surface area contributed by atoms with Crippen LogP contribution in [0.15, 0.2) is 72.8 Å². The second kappa shape index (κ2) is 19.1. The number of hydrogen-bond donors (Lipinski definition) is 0. The summed E-state index contributed by atoms with van der Waals surface area (Å²) >= 11 is 0. The second-order valence-corrected chi connectivity index (χ2v) is 11.3. The number of carbonyl (C=O) groups excluding carboxylic acids is 1. The lowest BCUT2D eigenvalue weighted by atomic mass is 9.93. The number of benzene rings is 3. The number of esters is 1. The number of ether oxygens (including phenoxy) is 2. The van der Waals surface area contributed by atoms with Crippen LogP contribution in [0.25, 0.3) is 22.3 Å². The summed E-state index contributed by atoms with van der Waals surface area (Å²) in [5.74, 6) is 0.832. The van der Waals surface area contributed by atoms with Crippen LogP contribution >= 0.6 is 0 Å². The molecule has 0 saturated carbocycles. The summed E-state index contributed by atoms with van der Waals surface area (Å²) in [5, 5.41) is 0. The smallest absolute Gasteiger partial charge is 0.306 e. The van der Waals surface area contributed by atoms with E-state index in [1.54, 1.807) is 0 Å². The molecule has 0 aliphatic carbocycles. The molecule has 1 unspecified atom stereocenters. The van der Waals surface area contributed by atoms with Gasteiger partial charge in [0, 0.05) is 6.42 Å². The zero-order valence-electron chi connectivity index (χ0n) is 25.8. The van der Waals surface area contributed by atoms with E-state index in [9.17, 15) is 4.79 Å². The van der Waals surface area contributed by atoms with Crippen molar-refractivity contribution in [1.82, 2.24) is 0 Å². The fourth-order valence-corrected chi connectivity index (χ4v) is 5.27. The Labute approximate surface area is 249 Å². The third-order valence-electron chi connectivity index (χ3n) is 7.84. The van der Waals surface area contributed by atoms with Crippen LogP contribution in [0.3, 0.4) is 0 Å². The van der Waals surface area contributed by atoms with Gasteiger partial charge in [-0.15, -0.1) is 0 Å². The van der Waals surface area contributed by atoms with Crippen molar-refractivity contribution in [3.8, 4) is 28.0 Å². The monoisotopic (exact) mass is 556 g/mol. The van der Waals surface area contributed by atoms with Crippen LogP contribution in [0.2, 0.25) is 0 Å². The molecule has 0 aliphatic heterocycles. The van der Waals surface area contributed by atoms with Gasteiger partial charge in [-0.3, -0.25) is 4.79 Å². The first-order valence-corrected chi connectivity index (χ1v) is 16.2. The largest absolute Gasteiger partial charge is 0.494 e. The Hall–Kier alpha value is -3.07. The van der Waals surface area contributed by atoms with Crippen molar-refractivity contribution in [1.29, 1.82) is 0 Å². The third-order valence-corrected chi connectivity index (χ3v) is 7.84. The van der Waals surface area contributed by atoms with E-state index in [1.807, 2.05) is 6.92 Å². The maximum Gasteiger partial charge on any atom is 0.306 e. The Morgan fingerprint density at radius 3 is 1.66 bits per heavy atom. The number of carbonyl (C=O) groups is 1. The molecule has 0 aromatic heterocycles. The summed E-state index contributed by atoms with van der Waals surface area (Å²) in [4.78, 5) is 12.3. The molecule has 3 aromatic carbocycles. The third kappa shape index (κ3) is 11.7. The van der Waals surface area contributed by atoms with E-state index < -0.39 is 0 Å². The minimum absolute atomic E-state index is 0.0998. The predicted octanol–water partition coefficient (Wildman–Crippen LogP) is 11.5. The number of unbranched alkanes of at least 4 members (excludes halogenated alkanes) is 11. The molecular formula is C38H52O3. The Morgan fingerprint density at radius 2 is 1.10 bits per heavy atom. The van der Waals surface area contributed by atoms with Crippen molar-refractivity contribution < 1.29 is 14.3 Å². The maximum absolute atomic E-state index is 12.3. The summed E-state index contributed by atoms with van der Waals surface area (Å²) < 4.78 is 11.7. The summed E-state index contributed by atoms with van der Waals surface area (Å²) in [5.41, 5.74) is 5.71. The van der Waals surface area contributed by atoms with Crippen molar-refractivity contribution in [2.24, 2.45) is 0 Å². The quantitative estimate of drug-likeness (QED) is 0.103. The molecule has 0 amide bonds. The highest BCUT2D eigenvalue weighted by atomic mass is 16.5. The Morgan fingerprint density at radius 1 is 0.610 bits per heavy atom. The molecule has 41 heavy (non-hydrogen) atoms. The second-order valence-electron chi connectivity index (χ2n) is 11.3. The number of rotatable bonds is 20. The highest BCUT2D eigenvalue weighted by Crippen LogP contribution is 2.34. The van der Waals surface area contributed by atoms with Crippen LogP contribution in [0, 0.1) is 0 Å². The van der Waals surface area contributed by atoms with Gasteiger partial charge in [-0.1, -0.05) is 145 Å². The lowest BCUT2D eigenvalue weighted by molar-refractivity contribution is -0.148. The van der Waals surface area contributed by atoms with Crippen LogP contribution in [-0.4, -0.2) is 12.6 Å². The normalized spacial score (nSPS) is 11.8. The average Bonchev–Trinajstić information content (AvgIpc) is 3.00. The van der Waals surface area contributed by atoms with Gasteiger partial charge in [0.1, 0.15) is 11.9 Å². The molecule has 222 valence electrons. The Balaban J connectivity index is 1.51. The van der Waals surface area contributed by atoms with E-state index in [-0.39, 0.29) is 12.1 Å². The molecule has 0 fully saturated rings. The van der Waals surface area contributed by atoms with E-state index in [0.29, 0.717) is 6.42 Å². The topological polar surface area (TPSA) is 35.5 Å². The molecular weight excluding hydrogens is 504 g/mol. The van der Waals surface area contributed by atoms with E-state index in [1.165, 1.54) is 80.9 Å². The highest BCUT2D eigenvalue weighted by Gasteiger charge is 2.13. The van der Waals surface area contributed by atoms with Gasteiger partial charge in [-0.25, -0.2) is 0 Å². The predicted molar refractivity (Wildman–Crippen MR) is 173 cm³/mol. The minimum Gasteiger partial charge on any atom is -0.494 e. The fourth-order valence-electron chi connectivity index (χ4n) is 5.27. The van der Waals surface area contributed by atoms with Crippen LogP contribution in [-0.2, 0) is 9.53 Å². The zero-order valence-corrected chi connectivity index (χ0v) is 25.8. The van der Waals surface area contributed by atoms with Gasteiger partial charge in [0.15, 0.2) is 0 Å². The van der Waals surface area contributed by atoms with E-state index in [4.69, 9.17) is 9.47 Å². The van der Waals surface area contributed by atoms with Crippen LogP contribution < -0.4 is 4.74 Å². The minimum atomic E-state index is -0.250. The summed E-state index contributed by atoms with van der Waals surface area (Å²) in [6.45, 7) is 7.22. The summed E-state index contributed by atoms with van der Waals surface area (Å²) in [6.07, 6.45) is 16.3. The van der Waals surface area contributed by atoms with Crippen LogP contribution in [0.1, 0.15) is 122 Å². The van der Waals surface area contributed by atoms with Gasteiger partial charge >= 0.3 is 5.97 Å². The molecule has 0 radical (unpaired) electrons. The van der Waals surface area contributed by atoms with Crippen LogP contribution in [0.5, 0.6) is 5.75 Å². The van der Waals surface area contributed by atoms with Crippen molar-refractivity contribution in [3.63, 3.8) is 0 Å². The summed E-state index contributed by atoms with van der Waals surface area (Å²) in [7, 11) is 0. The SMILES string of the molecule is CCCCCCCCCOc1ccc(-c2ccccc2-c2ccc(C(C)OC(=O)CCCCCCCC)cc2)cc1. The molecule has 1 atom stereocenters. The van der Waals surface area contributed by atoms with Gasteiger partial charge in [0.25, 0.3) is 0 Å². The van der Waals surface area contributed by atoms with E-state index in [0.717, 1.165) is 42.7 Å². The first-order chi connectivity index (χ1) is 20.1. The van der Waals surface area contributed by atoms with E-state index >= 15 is 0 Å². The van der Waals surface area contributed by atoms with Crippen molar-refractivity contribution in [3.05, 3.63) is 78.4 Å². The lowest BCUT2D eigenvalue weighted by Gasteiger charge is -2.15. The molecule has 0 aliphatic rings. The van der Waals surface area contributed by atoms with Gasteiger partial charge in [-0.05, 0) is 59.7 Å². The van der Waals surface area contributed by atoms with Gasteiger partial charge in [0.2, 0.25) is 0 Å². The first-order valence-electron chi connectivity index (χ1n) is 16.2. The molecule has 0 bridgehead atoms. The van der Waals surface area contributed by atoms with Crippen LogP contribution in [0.4, 0.5) is 0 Å². The fraction of sp³-hybridized carbons (Fsp3) is 0.500. The van der Waals surface area contributed by atoms with Crippen molar-refractivity contribution in [2.45, 2.75) is 117 Å². The van der Waals surface area contributed by atoms with Crippen molar-refractivity contribution in [2.75, 3.05) is 6.61 Å². The van der Waals surface area contributed by atoms with Gasteiger partial charge in [-0.2, -0.15) is 0 Å². The molecule has 0 spiro atoms. The highest BCUT2D eigenvalue weighted by molar-refractivity contribution is 5.83. The van der Waals surface area contributed by atoms with Gasteiger partial charge in [0.05, 0.1) is 6.61 Å². The van der Waals surface area contributed by atoms with E-state index in [2.05, 4.69) is 86.6 Å². The molecule has 0 saturated heterocycles. The number of hydrogen-bond acceptors (Lipinski definition) is 3. The van der Waals surface area contributed by atoms with Crippen molar-refractivity contribution >= 4 is 5.97 Å². The lowest BCUT2D eigenvalue weighted by Crippen LogP contribution is -2.08. The zero-order chi connectivity index (χ0) is 29.1. The summed E-state index contributed by atoms with van der Waals surface area (Å²) in [6, 6.07) is 25.4. The molecule has 0 N–H and O–H groups in total. The first kappa shape index (κ1) is 32.4. The molecule has 3 nitrogen and oxygen atoms in total. The molecule has 3 heteroatoms. The Kier molecular flexibility index (Phi) is 15.1. The molecule has 0 heterocycles. The molecule has 3 aromatic rings. The molecule has 3 rings (SSSR count). The van der Waals surface area contributed by atoms with Gasteiger partial charge < -0.3 is 9.47 Å². The Bertz CT molecular complexity index is 1120. The standard InChI is InChI=1S/C38H52O3/c1-4-6-8-10-12-14-18-30-40-35-28-26-34(27-29-35)37-20-17-16-19-36(37)33-24-22-32(23-25-33)31(3)41-38(39)21-15-13-11-9-7-5-2/h16-17,19-20,22-29,31H,4-15,18,21,30H2,1-3H3. The maximum atomic E-state index is 12.3. The average molecular weight is 557 g/mol.